The number of para-hydroxylation sites is 4. The third-order valence-electron chi connectivity index (χ3n) is 10.4. The molecule has 3 aromatic heterocycles. The van der Waals surface area contributed by atoms with E-state index < -0.39 is 0 Å². The van der Waals surface area contributed by atoms with Crippen molar-refractivity contribution < 1.29 is 0 Å². The standard InChI is InChI=1S/C46H29N3/c1-3-14-31(15-4-1)47-40-21-11-10-20-36(40)39-29-33(24-28-42(39)47)49-43-27-23-30-13-7-8-18-34(30)44(43)38-26-25-37-35-19-9-12-22-41(35)48(45(37)46(38)49)32-16-5-2-6-17-32/h1-29H. The summed E-state index contributed by atoms with van der Waals surface area (Å²) in [5.41, 5.74) is 10.7. The molecule has 0 aliphatic rings. The molecule has 3 heterocycles. The quantitative estimate of drug-likeness (QED) is 0.186. The van der Waals surface area contributed by atoms with Crippen molar-refractivity contribution in [3.8, 4) is 17.1 Å². The molecule has 0 N–H and O–H groups in total. The second-order valence-electron chi connectivity index (χ2n) is 13.0. The summed E-state index contributed by atoms with van der Waals surface area (Å²) in [4.78, 5) is 0. The average Bonchev–Trinajstić information content (AvgIpc) is 3.81. The first kappa shape index (κ1) is 26.5. The smallest absolute Gasteiger partial charge is 0.0789 e. The summed E-state index contributed by atoms with van der Waals surface area (Å²) in [7, 11) is 0. The van der Waals surface area contributed by atoms with Gasteiger partial charge in [0.2, 0.25) is 0 Å². The van der Waals surface area contributed by atoms with Crippen LogP contribution in [0.2, 0.25) is 0 Å². The van der Waals surface area contributed by atoms with Gasteiger partial charge in [0.15, 0.2) is 0 Å². The van der Waals surface area contributed by atoms with Crippen LogP contribution in [0.4, 0.5) is 0 Å². The van der Waals surface area contributed by atoms with Gasteiger partial charge < -0.3 is 13.7 Å². The largest absolute Gasteiger partial charge is 0.309 e. The highest BCUT2D eigenvalue weighted by molar-refractivity contribution is 6.28. The SMILES string of the molecule is c1ccc(-n2c3ccccc3c3cc(-n4c5ccc6ccccc6c5c5ccc6c7ccccc7n(-c7ccccc7)c6c54)ccc32)cc1. The summed E-state index contributed by atoms with van der Waals surface area (Å²) < 4.78 is 7.37. The summed E-state index contributed by atoms with van der Waals surface area (Å²) in [5, 5.41) is 10.1. The van der Waals surface area contributed by atoms with E-state index in [4.69, 9.17) is 0 Å². The second-order valence-corrected chi connectivity index (χ2v) is 13.0. The van der Waals surface area contributed by atoms with Crippen molar-refractivity contribution in [3.63, 3.8) is 0 Å². The molecule has 49 heavy (non-hydrogen) atoms. The third kappa shape index (κ3) is 3.62. The van der Waals surface area contributed by atoms with Crippen LogP contribution in [-0.2, 0) is 0 Å². The van der Waals surface area contributed by atoms with Crippen LogP contribution in [0, 0.1) is 0 Å². The number of rotatable bonds is 3. The van der Waals surface area contributed by atoms with Gasteiger partial charge >= 0.3 is 0 Å². The molecule has 11 rings (SSSR count). The Morgan fingerprint density at radius 3 is 1.53 bits per heavy atom. The van der Waals surface area contributed by atoms with Crippen molar-refractivity contribution in [2.75, 3.05) is 0 Å². The minimum Gasteiger partial charge on any atom is -0.309 e. The molecular formula is C46H29N3. The zero-order valence-electron chi connectivity index (χ0n) is 26.6. The lowest BCUT2D eigenvalue weighted by molar-refractivity contribution is 1.15. The van der Waals surface area contributed by atoms with Gasteiger partial charge in [-0.15, -0.1) is 0 Å². The lowest BCUT2D eigenvalue weighted by Gasteiger charge is -2.13. The highest BCUT2D eigenvalue weighted by Gasteiger charge is 2.23. The van der Waals surface area contributed by atoms with Crippen LogP contribution in [0.15, 0.2) is 176 Å². The summed E-state index contributed by atoms with van der Waals surface area (Å²) in [6.07, 6.45) is 0. The maximum absolute atomic E-state index is 2.52. The molecule has 0 unspecified atom stereocenters. The van der Waals surface area contributed by atoms with Crippen LogP contribution in [-0.4, -0.2) is 13.7 Å². The molecule has 0 amide bonds. The minimum atomic E-state index is 1.15. The van der Waals surface area contributed by atoms with Crippen LogP contribution >= 0.6 is 0 Å². The molecule has 0 atom stereocenters. The third-order valence-corrected chi connectivity index (χ3v) is 10.4. The van der Waals surface area contributed by atoms with Crippen molar-refractivity contribution in [1.82, 2.24) is 13.7 Å². The molecule has 0 fully saturated rings. The molecule has 0 saturated carbocycles. The summed E-state index contributed by atoms with van der Waals surface area (Å²) in [6, 6.07) is 64.2. The van der Waals surface area contributed by atoms with Gasteiger partial charge in [0, 0.05) is 49.4 Å². The van der Waals surface area contributed by atoms with Crippen molar-refractivity contribution in [1.29, 1.82) is 0 Å². The summed E-state index contributed by atoms with van der Waals surface area (Å²) in [6.45, 7) is 0. The van der Waals surface area contributed by atoms with E-state index in [1.807, 2.05) is 0 Å². The van der Waals surface area contributed by atoms with E-state index in [0.29, 0.717) is 0 Å². The monoisotopic (exact) mass is 623 g/mol. The van der Waals surface area contributed by atoms with Crippen molar-refractivity contribution in [2.45, 2.75) is 0 Å². The zero-order chi connectivity index (χ0) is 32.1. The molecule has 3 nitrogen and oxygen atoms in total. The average molecular weight is 624 g/mol. The molecule has 11 aromatic rings. The fourth-order valence-electron chi connectivity index (χ4n) is 8.39. The van der Waals surface area contributed by atoms with Crippen molar-refractivity contribution in [2.24, 2.45) is 0 Å². The normalized spacial score (nSPS) is 12.1. The highest BCUT2D eigenvalue weighted by atomic mass is 15.0. The summed E-state index contributed by atoms with van der Waals surface area (Å²) in [5.74, 6) is 0. The van der Waals surface area contributed by atoms with E-state index in [2.05, 4.69) is 190 Å². The van der Waals surface area contributed by atoms with E-state index >= 15 is 0 Å². The van der Waals surface area contributed by atoms with Gasteiger partial charge in [-0.2, -0.15) is 0 Å². The Labute approximate surface area is 282 Å². The summed E-state index contributed by atoms with van der Waals surface area (Å²) >= 11 is 0. The number of aromatic nitrogens is 3. The lowest BCUT2D eigenvalue weighted by atomic mass is 10.0. The highest BCUT2D eigenvalue weighted by Crippen LogP contribution is 2.44. The molecule has 0 aliphatic heterocycles. The Morgan fingerprint density at radius 1 is 0.265 bits per heavy atom. The van der Waals surface area contributed by atoms with E-state index in [-0.39, 0.29) is 0 Å². The van der Waals surface area contributed by atoms with Gasteiger partial charge in [0.05, 0.1) is 33.1 Å². The van der Waals surface area contributed by atoms with Crippen LogP contribution < -0.4 is 0 Å². The molecular weight excluding hydrogens is 595 g/mol. The number of hydrogen-bond acceptors (Lipinski definition) is 0. The van der Waals surface area contributed by atoms with Gasteiger partial charge in [-0.1, -0.05) is 115 Å². The zero-order valence-corrected chi connectivity index (χ0v) is 26.6. The van der Waals surface area contributed by atoms with Crippen molar-refractivity contribution in [3.05, 3.63) is 176 Å². The maximum atomic E-state index is 2.52. The Kier molecular flexibility index (Phi) is 5.38. The molecule has 3 heteroatoms. The topological polar surface area (TPSA) is 14.8 Å². The lowest BCUT2D eigenvalue weighted by Crippen LogP contribution is -1.99. The van der Waals surface area contributed by atoms with Gasteiger partial charge in [-0.25, -0.2) is 0 Å². The van der Waals surface area contributed by atoms with Crippen molar-refractivity contribution >= 4 is 76.2 Å². The molecule has 0 spiro atoms. The van der Waals surface area contributed by atoms with E-state index in [9.17, 15) is 0 Å². The fraction of sp³-hybridized carbons (Fsp3) is 0. The van der Waals surface area contributed by atoms with E-state index in [1.165, 1.54) is 81.9 Å². The van der Waals surface area contributed by atoms with Crippen LogP contribution in [0.5, 0.6) is 0 Å². The Bertz CT molecular complexity index is 3090. The molecule has 0 saturated heterocycles. The Hall–Kier alpha value is -6.58. The molecule has 0 bridgehead atoms. The Morgan fingerprint density at radius 2 is 0.776 bits per heavy atom. The number of nitrogens with zero attached hydrogens (tertiary/aromatic N) is 3. The van der Waals surface area contributed by atoms with Gasteiger partial charge in [-0.05, 0) is 71.4 Å². The minimum absolute atomic E-state index is 1.15. The number of benzene rings is 8. The predicted molar refractivity (Wildman–Crippen MR) is 207 cm³/mol. The van der Waals surface area contributed by atoms with E-state index in [0.717, 1.165) is 11.4 Å². The fourth-order valence-corrected chi connectivity index (χ4v) is 8.39. The number of fused-ring (bicyclic) bond motifs is 12. The maximum Gasteiger partial charge on any atom is 0.0789 e. The molecule has 8 aromatic carbocycles. The molecule has 228 valence electrons. The van der Waals surface area contributed by atoms with Crippen LogP contribution in [0.25, 0.3) is 93.3 Å². The van der Waals surface area contributed by atoms with Gasteiger partial charge in [-0.3, -0.25) is 0 Å². The predicted octanol–water partition coefficient (Wildman–Crippen LogP) is 12.1. The second kappa shape index (κ2) is 9.96. The first-order valence-corrected chi connectivity index (χ1v) is 16.9. The molecule has 0 radical (unpaired) electrons. The Balaban J connectivity index is 1.35. The van der Waals surface area contributed by atoms with Crippen LogP contribution in [0.1, 0.15) is 0 Å². The van der Waals surface area contributed by atoms with Gasteiger partial charge in [0.25, 0.3) is 0 Å². The molecule has 0 aliphatic carbocycles. The van der Waals surface area contributed by atoms with E-state index in [1.54, 1.807) is 0 Å². The number of hydrogen-bond donors (Lipinski definition) is 0. The van der Waals surface area contributed by atoms with Crippen LogP contribution in [0.3, 0.4) is 0 Å². The first-order valence-electron chi connectivity index (χ1n) is 16.9. The first-order chi connectivity index (χ1) is 24.3. The van der Waals surface area contributed by atoms with Gasteiger partial charge in [0.1, 0.15) is 0 Å².